The molecule has 2 amide bonds. The summed E-state index contributed by atoms with van der Waals surface area (Å²) in [7, 11) is 0. The molecule has 0 fully saturated rings. The van der Waals surface area contributed by atoms with Crippen LogP contribution in [0.1, 0.15) is 113 Å². The zero-order valence-corrected chi connectivity index (χ0v) is 25.4. The van der Waals surface area contributed by atoms with Gasteiger partial charge in [0.05, 0.1) is 26.4 Å². The third kappa shape index (κ3) is 16.9. The molecule has 1 aromatic heterocycles. The van der Waals surface area contributed by atoms with Crippen LogP contribution in [0.15, 0.2) is 28.7 Å². The molecule has 0 radical (unpaired) electrons. The molecule has 41 heavy (non-hydrogen) atoms. The van der Waals surface area contributed by atoms with Crippen molar-refractivity contribution >= 4 is 11.8 Å². The van der Waals surface area contributed by atoms with Gasteiger partial charge in [-0.2, -0.15) is 0 Å². The molecule has 0 aliphatic rings. The molecular weight excluding hydrogens is 520 g/mol. The number of benzene rings is 1. The summed E-state index contributed by atoms with van der Waals surface area (Å²) in [4.78, 5) is 24.2. The van der Waals surface area contributed by atoms with E-state index in [-0.39, 0.29) is 11.8 Å². The molecule has 230 valence electrons. The number of hydrogen-bond acceptors (Lipinski definition) is 7. The van der Waals surface area contributed by atoms with Crippen molar-refractivity contribution in [2.75, 3.05) is 39.5 Å². The number of rotatable bonds is 25. The zero-order valence-electron chi connectivity index (χ0n) is 25.4. The minimum absolute atomic E-state index is 0.100. The summed E-state index contributed by atoms with van der Waals surface area (Å²) in [5, 5.41) is 13.5. The van der Waals surface area contributed by atoms with E-state index in [1.54, 1.807) is 31.2 Å². The van der Waals surface area contributed by atoms with Crippen molar-refractivity contribution in [2.24, 2.45) is 0 Å². The molecule has 0 aliphatic carbocycles. The summed E-state index contributed by atoms with van der Waals surface area (Å²) in [5.41, 5.74) is 1.31. The van der Waals surface area contributed by atoms with Crippen molar-refractivity contribution in [1.82, 2.24) is 20.8 Å². The second-order valence-electron chi connectivity index (χ2n) is 10.5. The molecule has 0 unspecified atom stereocenters. The van der Waals surface area contributed by atoms with E-state index in [2.05, 4.69) is 27.8 Å². The maximum Gasteiger partial charge on any atom is 0.251 e. The molecule has 0 bridgehead atoms. The van der Waals surface area contributed by atoms with Gasteiger partial charge in [0.25, 0.3) is 5.91 Å². The first-order chi connectivity index (χ1) is 20.1. The van der Waals surface area contributed by atoms with Gasteiger partial charge < -0.3 is 24.5 Å². The van der Waals surface area contributed by atoms with Crippen molar-refractivity contribution in [2.45, 2.75) is 104 Å². The van der Waals surface area contributed by atoms with Crippen LogP contribution in [0, 0.1) is 6.92 Å². The van der Waals surface area contributed by atoms with Crippen LogP contribution < -0.4 is 10.6 Å². The van der Waals surface area contributed by atoms with E-state index < -0.39 is 0 Å². The summed E-state index contributed by atoms with van der Waals surface area (Å²) < 4.78 is 16.4. The van der Waals surface area contributed by atoms with Gasteiger partial charge >= 0.3 is 0 Å². The molecule has 2 aromatic rings. The molecule has 9 heteroatoms. The van der Waals surface area contributed by atoms with Crippen molar-refractivity contribution in [3.63, 3.8) is 0 Å². The Hall–Kier alpha value is -2.78. The van der Waals surface area contributed by atoms with Crippen molar-refractivity contribution in [3.05, 3.63) is 35.7 Å². The van der Waals surface area contributed by atoms with Gasteiger partial charge in [0.1, 0.15) is 0 Å². The van der Waals surface area contributed by atoms with Crippen molar-refractivity contribution in [1.29, 1.82) is 0 Å². The SMILES string of the molecule is CCCCCCCCCCCCCCCC(=O)NCCOCCOCCNC(=O)c1ccc(-c2nnc(C)o2)cc1. The first-order valence-electron chi connectivity index (χ1n) is 15.7. The summed E-state index contributed by atoms with van der Waals surface area (Å²) in [6.45, 7) is 6.64. The lowest BCUT2D eigenvalue weighted by Gasteiger charge is -2.08. The van der Waals surface area contributed by atoms with E-state index in [4.69, 9.17) is 13.9 Å². The number of aryl methyl sites for hydroxylation is 1. The van der Waals surface area contributed by atoms with E-state index >= 15 is 0 Å². The van der Waals surface area contributed by atoms with Crippen LogP contribution in [0.5, 0.6) is 0 Å². The predicted molar refractivity (Wildman–Crippen MR) is 162 cm³/mol. The maximum atomic E-state index is 12.3. The number of aromatic nitrogens is 2. The fourth-order valence-electron chi connectivity index (χ4n) is 4.49. The Morgan fingerprint density at radius 1 is 0.707 bits per heavy atom. The third-order valence-corrected chi connectivity index (χ3v) is 6.90. The largest absolute Gasteiger partial charge is 0.421 e. The number of nitrogens with one attached hydrogen (secondary N) is 2. The number of unbranched alkanes of at least 4 members (excludes halogenated alkanes) is 12. The summed E-state index contributed by atoms with van der Waals surface area (Å²) in [6, 6.07) is 6.99. The Bertz CT molecular complexity index is 948. The highest BCUT2D eigenvalue weighted by molar-refractivity contribution is 5.94. The second kappa shape index (κ2) is 22.9. The highest BCUT2D eigenvalue weighted by Crippen LogP contribution is 2.18. The van der Waals surface area contributed by atoms with Crippen LogP contribution in [0.3, 0.4) is 0 Å². The number of ether oxygens (including phenoxy) is 2. The first kappa shape index (κ1) is 34.4. The zero-order chi connectivity index (χ0) is 29.4. The summed E-state index contributed by atoms with van der Waals surface area (Å²) in [5.74, 6) is 0.850. The Labute approximate surface area is 246 Å². The van der Waals surface area contributed by atoms with Gasteiger partial charge in [0.2, 0.25) is 17.7 Å². The Balaban J connectivity index is 1.32. The highest BCUT2D eigenvalue weighted by Gasteiger charge is 2.09. The molecule has 0 spiro atoms. The number of hydrogen-bond donors (Lipinski definition) is 2. The Kier molecular flexibility index (Phi) is 19.2. The standard InChI is InChI=1S/C32H52N4O5/c1-3-4-5-6-7-8-9-10-11-12-13-14-15-16-30(37)33-21-23-39-25-26-40-24-22-34-31(38)28-17-19-29(20-18-28)32-36-35-27(2)41-32/h17-20H,3-16,21-26H2,1-2H3,(H,33,37)(H,34,38). The fraction of sp³-hybridized carbons (Fsp3) is 0.688. The van der Waals surface area contributed by atoms with Gasteiger partial charge in [-0.05, 0) is 30.7 Å². The lowest BCUT2D eigenvalue weighted by Crippen LogP contribution is -2.28. The van der Waals surface area contributed by atoms with Gasteiger partial charge in [-0.1, -0.05) is 84.0 Å². The highest BCUT2D eigenvalue weighted by atomic mass is 16.5. The number of carbonyl (C=O) groups excluding carboxylic acids is 2. The second-order valence-corrected chi connectivity index (χ2v) is 10.5. The topological polar surface area (TPSA) is 116 Å². The van der Waals surface area contributed by atoms with Crippen LogP contribution in [0.25, 0.3) is 11.5 Å². The van der Waals surface area contributed by atoms with Crippen LogP contribution in [0.4, 0.5) is 0 Å². The van der Waals surface area contributed by atoms with Gasteiger partial charge in [0.15, 0.2) is 0 Å². The normalized spacial score (nSPS) is 11.1. The fourth-order valence-corrected chi connectivity index (χ4v) is 4.49. The van der Waals surface area contributed by atoms with Crippen molar-refractivity contribution in [3.8, 4) is 11.5 Å². The molecule has 1 aromatic carbocycles. The third-order valence-electron chi connectivity index (χ3n) is 6.90. The van der Waals surface area contributed by atoms with E-state index in [1.807, 2.05) is 0 Å². The van der Waals surface area contributed by atoms with Gasteiger partial charge in [-0.3, -0.25) is 9.59 Å². The minimum Gasteiger partial charge on any atom is -0.421 e. The minimum atomic E-state index is -0.173. The molecule has 0 saturated carbocycles. The monoisotopic (exact) mass is 572 g/mol. The van der Waals surface area contributed by atoms with E-state index in [0.29, 0.717) is 63.3 Å². The summed E-state index contributed by atoms with van der Waals surface area (Å²) in [6.07, 6.45) is 17.6. The summed E-state index contributed by atoms with van der Waals surface area (Å²) >= 11 is 0. The smallest absolute Gasteiger partial charge is 0.251 e. The van der Waals surface area contributed by atoms with Gasteiger partial charge in [-0.15, -0.1) is 10.2 Å². The Morgan fingerprint density at radius 3 is 1.78 bits per heavy atom. The average molecular weight is 573 g/mol. The molecule has 9 nitrogen and oxygen atoms in total. The lowest BCUT2D eigenvalue weighted by atomic mass is 10.0. The molecule has 2 rings (SSSR count). The van der Waals surface area contributed by atoms with Gasteiger partial charge in [-0.25, -0.2) is 0 Å². The molecule has 0 aliphatic heterocycles. The quantitative estimate of drug-likeness (QED) is 0.132. The van der Waals surface area contributed by atoms with E-state index in [0.717, 1.165) is 18.4 Å². The van der Waals surface area contributed by atoms with Crippen LogP contribution >= 0.6 is 0 Å². The van der Waals surface area contributed by atoms with Crippen LogP contribution in [0.2, 0.25) is 0 Å². The molecule has 0 atom stereocenters. The van der Waals surface area contributed by atoms with Crippen LogP contribution in [-0.4, -0.2) is 61.5 Å². The Morgan fingerprint density at radius 2 is 1.24 bits per heavy atom. The van der Waals surface area contributed by atoms with Gasteiger partial charge in [0, 0.05) is 37.6 Å². The van der Waals surface area contributed by atoms with Crippen molar-refractivity contribution < 1.29 is 23.5 Å². The molecular formula is C32H52N4O5. The lowest BCUT2D eigenvalue weighted by molar-refractivity contribution is -0.121. The first-order valence-corrected chi connectivity index (χ1v) is 15.7. The average Bonchev–Trinajstić information content (AvgIpc) is 3.42. The molecule has 0 saturated heterocycles. The number of carbonyl (C=O) groups is 2. The van der Waals surface area contributed by atoms with E-state index in [1.165, 1.54) is 70.6 Å². The predicted octanol–water partition coefficient (Wildman–Crippen LogP) is 6.41. The maximum absolute atomic E-state index is 12.3. The number of nitrogens with zero attached hydrogens (tertiary/aromatic N) is 2. The molecule has 2 N–H and O–H groups in total. The van der Waals surface area contributed by atoms with E-state index in [9.17, 15) is 9.59 Å². The number of amides is 2. The molecule has 1 heterocycles. The van der Waals surface area contributed by atoms with Crippen LogP contribution in [-0.2, 0) is 14.3 Å².